The van der Waals surface area contributed by atoms with Crippen LogP contribution in [0, 0.1) is 6.92 Å². The molecule has 4 rings (SSSR count). The molecule has 30 heavy (non-hydrogen) atoms. The van der Waals surface area contributed by atoms with Crippen molar-refractivity contribution in [2.75, 3.05) is 44.2 Å². The van der Waals surface area contributed by atoms with Gasteiger partial charge in [0.25, 0.3) is 0 Å². The van der Waals surface area contributed by atoms with Crippen LogP contribution in [0.2, 0.25) is 0 Å². The van der Waals surface area contributed by atoms with Crippen LogP contribution in [0.5, 0.6) is 0 Å². The molecule has 1 saturated heterocycles. The van der Waals surface area contributed by atoms with Gasteiger partial charge in [-0.15, -0.1) is 24.0 Å². The number of anilines is 1. The van der Waals surface area contributed by atoms with E-state index in [0.29, 0.717) is 0 Å². The predicted octanol–water partition coefficient (Wildman–Crippen LogP) is 3.59. The van der Waals surface area contributed by atoms with E-state index in [0.717, 1.165) is 63.0 Å². The number of nitrogens with zero attached hydrogens (tertiary/aromatic N) is 5. The molecule has 1 aliphatic heterocycles. The van der Waals surface area contributed by atoms with Gasteiger partial charge in [-0.1, -0.05) is 24.3 Å². The molecule has 0 radical (unpaired) electrons. The van der Waals surface area contributed by atoms with E-state index < -0.39 is 0 Å². The quantitative estimate of drug-likeness (QED) is 0.319. The molecular weight excluding hydrogens is 487 g/mol. The van der Waals surface area contributed by atoms with Gasteiger partial charge in [-0.25, -0.2) is 4.98 Å². The molecule has 1 fully saturated rings. The number of hydrogen-bond acceptors (Lipinski definition) is 3. The molecule has 3 aromatic rings. The maximum Gasteiger partial charge on any atom is 0.194 e. The fourth-order valence-corrected chi connectivity index (χ4v) is 3.84. The number of rotatable bonds is 5. The Hall–Kier alpha value is -2.29. The van der Waals surface area contributed by atoms with E-state index in [2.05, 4.69) is 88.2 Å². The van der Waals surface area contributed by atoms with Crippen molar-refractivity contribution in [2.24, 2.45) is 4.99 Å². The summed E-state index contributed by atoms with van der Waals surface area (Å²) in [5, 5.41) is 3.46. The van der Waals surface area contributed by atoms with E-state index in [9.17, 15) is 0 Å². The van der Waals surface area contributed by atoms with Crippen LogP contribution in [0.4, 0.5) is 5.69 Å². The Morgan fingerprint density at radius 1 is 1.07 bits per heavy atom. The van der Waals surface area contributed by atoms with E-state index >= 15 is 0 Å². The molecule has 1 aromatic carbocycles. The zero-order valence-electron chi connectivity index (χ0n) is 17.8. The number of guanidine groups is 1. The Labute approximate surface area is 196 Å². The average molecular weight is 518 g/mol. The van der Waals surface area contributed by atoms with Gasteiger partial charge in [-0.05, 0) is 37.6 Å². The highest BCUT2D eigenvalue weighted by Crippen LogP contribution is 2.15. The number of imidazole rings is 1. The number of halogens is 1. The summed E-state index contributed by atoms with van der Waals surface area (Å²) in [7, 11) is 0. The summed E-state index contributed by atoms with van der Waals surface area (Å²) in [5.41, 5.74) is 4.63. The minimum absolute atomic E-state index is 0. The SMILES string of the molecule is CCNC(=NCCc1cn2cccc(C)c2n1)N1CCN(c2ccccc2)CC1.I. The van der Waals surface area contributed by atoms with Crippen molar-refractivity contribution >= 4 is 41.3 Å². The van der Waals surface area contributed by atoms with Gasteiger partial charge < -0.3 is 19.5 Å². The number of fused-ring (bicyclic) bond motifs is 1. The van der Waals surface area contributed by atoms with Crippen molar-refractivity contribution in [3.63, 3.8) is 0 Å². The topological polar surface area (TPSA) is 48.2 Å². The van der Waals surface area contributed by atoms with Gasteiger partial charge in [0.05, 0.1) is 5.69 Å². The lowest BCUT2D eigenvalue weighted by molar-refractivity contribution is 0.372. The fraction of sp³-hybridized carbons (Fsp3) is 0.391. The van der Waals surface area contributed by atoms with Crippen LogP contribution in [0.3, 0.4) is 0 Å². The normalized spacial score (nSPS) is 14.7. The molecule has 2 aromatic heterocycles. The molecule has 3 heterocycles. The molecule has 0 amide bonds. The smallest absolute Gasteiger partial charge is 0.194 e. The largest absolute Gasteiger partial charge is 0.368 e. The van der Waals surface area contributed by atoms with E-state index in [1.165, 1.54) is 11.3 Å². The van der Waals surface area contributed by atoms with Crippen LogP contribution in [0.1, 0.15) is 18.2 Å². The van der Waals surface area contributed by atoms with E-state index in [1.54, 1.807) is 0 Å². The molecule has 6 nitrogen and oxygen atoms in total. The summed E-state index contributed by atoms with van der Waals surface area (Å²) in [6.07, 6.45) is 5.02. The fourth-order valence-electron chi connectivity index (χ4n) is 3.84. The summed E-state index contributed by atoms with van der Waals surface area (Å²) in [6, 6.07) is 14.8. The Kier molecular flexibility index (Phi) is 7.95. The molecule has 0 saturated carbocycles. The average Bonchev–Trinajstić information content (AvgIpc) is 3.18. The van der Waals surface area contributed by atoms with E-state index in [1.807, 2.05) is 0 Å². The highest BCUT2D eigenvalue weighted by atomic mass is 127. The number of aromatic nitrogens is 2. The molecule has 0 spiro atoms. The second-order valence-electron chi connectivity index (χ2n) is 7.45. The van der Waals surface area contributed by atoms with Crippen LogP contribution in [-0.4, -0.2) is 59.5 Å². The molecule has 0 atom stereocenters. The molecule has 0 aliphatic carbocycles. The minimum Gasteiger partial charge on any atom is -0.368 e. The van der Waals surface area contributed by atoms with Crippen LogP contribution in [-0.2, 0) is 6.42 Å². The standard InChI is InChI=1S/C23H30N6.HI/c1-3-24-23(28-16-14-27(15-17-28)21-9-5-4-6-10-21)25-12-11-20-18-29-13-7-8-19(2)22(29)26-20;/h4-10,13,18H,3,11-12,14-17H2,1-2H3,(H,24,25);1H. The Morgan fingerprint density at radius 3 is 2.53 bits per heavy atom. The summed E-state index contributed by atoms with van der Waals surface area (Å²) in [6.45, 7) is 9.83. The number of aliphatic imine (C=N–C) groups is 1. The first-order chi connectivity index (χ1) is 14.2. The summed E-state index contributed by atoms with van der Waals surface area (Å²) in [5.74, 6) is 1.01. The van der Waals surface area contributed by atoms with Crippen LogP contribution < -0.4 is 10.2 Å². The van der Waals surface area contributed by atoms with E-state index in [-0.39, 0.29) is 24.0 Å². The zero-order valence-corrected chi connectivity index (χ0v) is 20.1. The lowest BCUT2D eigenvalue weighted by atomic mass is 10.2. The molecule has 0 unspecified atom stereocenters. The zero-order chi connectivity index (χ0) is 20.1. The van der Waals surface area contributed by atoms with Gasteiger partial charge in [0.2, 0.25) is 0 Å². The van der Waals surface area contributed by atoms with Crippen molar-refractivity contribution in [2.45, 2.75) is 20.3 Å². The molecule has 160 valence electrons. The number of hydrogen-bond donors (Lipinski definition) is 1. The van der Waals surface area contributed by atoms with Gasteiger partial charge in [-0.2, -0.15) is 0 Å². The maximum atomic E-state index is 4.89. The van der Waals surface area contributed by atoms with Crippen molar-refractivity contribution in [1.29, 1.82) is 0 Å². The van der Waals surface area contributed by atoms with Crippen molar-refractivity contribution in [3.8, 4) is 0 Å². The molecule has 1 aliphatic rings. The number of benzene rings is 1. The molecule has 0 bridgehead atoms. The third kappa shape index (κ3) is 5.24. The van der Waals surface area contributed by atoms with Gasteiger partial charge in [0.15, 0.2) is 5.96 Å². The highest BCUT2D eigenvalue weighted by Gasteiger charge is 2.19. The number of nitrogens with one attached hydrogen (secondary N) is 1. The Balaban J connectivity index is 0.00000256. The maximum absolute atomic E-state index is 4.89. The second kappa shape index (κ2) is 10.7. The lowest BCUT2D eigenvalue weighted by Gasteiger charge is -2.37. The van der Waals surface area contributed by atoms with E-state index in [4.69, 9.17) is 9.98 Å². The Bertz CT molecular complexity index is 960. The van der Waals surface area contributed by atoms with Gasteiger partial charge in [-0.3, -0.25) is 4.99 Å². The first-order valence-electron chi connectivity index (χ1n) is 10.5. The summed E-state index contributed by atoms with van der Waals surface area (Å²) < 4.78 is 2.10. The number of piperazine rings is 1. The molecular formula is C23H31IN6. The summed E-state index contributed by atoms with van der Waals surface area (Å²) in [4.78, 5) is 14.5. The van der Waals surface area contributed by atoms with Crippen LogP contribution >= 0.6 is 24.0 Å². The number of para-hydroxylation sites is 1. The highest BCUT2D eigenvalue weighted by molar-refractivity contribution is 14.0. The molecule has 7 heteroatoms. The van der Waals surface area contributed by atoms with Crippen molar-refractivity contribution < 1.29 is 0 Å². The number of aryl methyl sites for hydroxylation is 1. The van der Waals surface area contributed by atoms with Crippen molar-refractivity contribution in [3.05, 3.63) is 66.1 Å². The van der Waals surface area contributed by atoms with Gasteiger partial charge in [0.1, 0.15) is 5.65 Å². The van der Waals surface area contributed by atoms with Crippen molar-refractivity contribution in [1.82, 2.24) is 19.6 Å². The monoisotopic (exact) mass is 518 g/mol. The Morgan fingerprint density at radius 2 is 1.83 bits per heavy atom. The summed E-state index contributed by atoms with van der Waals surface area (Å²) >= 11 is 0. The van der Waals surface area contributed by atoms with Crippen LogP contribution in [0.15, 0.2) is 59.9 Å². The third-order valence-corrected chi connectivity index (χ3v) is 5.39. The van der Waals surface area contributed by atoms with Gasteiger partial charge in [0, 0.05) is 63.8 Å². The first-order valence-corrected chi connectivity index (χ1v) is 10.5. The predicted molar refractivity (Wildman–Crippen MR) is 135 cm³/mol. The first kappa shape index (κ1) is 22.4. The number of pyridine rings is 1. The third-order valence-electron chi connectivity index (χ3n) is 5.39. The van der Waals surface area contributed by atoms with Crippen LogP contribution in [0.25, 0.3) is 5.65 Å². The second-order valence-corrected chi connectivity index (χ2v) is 7.45. The van der Waals surface area contributed by atoms with Gasteiger partial charge >= 0.3 is 0 Å². The minimum atomic E-state index is 0. The lowest BCUT2D eigenvalue weighted by Crippen LogP contribution is -2.52. The molecule has 1 N–H and O–H groups in total.